The molecule has 1 aromatic rings. The molecule has 0 unspecified atom stereocenters. The zero-order valence-corrected chi connectivity index (χ0v) is 10.1. The second-order valence-electron chi connectivity index (χ2n) is 4.08. The van der Waals surface area contributed by atoms with Gasteiger partial charge in [-0.25, -0.2) is 4.39 Å². The van der Waals surface area contributed by atoms with Crippen molar-refractivity contribution in [3.05, 3.63) is 28.0 Å². The van der Waals surface area contributed by atoms with Crippen molar-refractivity contribution >= 4 is 15.9 Å². The van der Waals surface area contributed by atoms with Gasteiger partial charge in [-0.2, -0.15) is 0 Å². The van der Waals surface area contributed by atoms with Gasteiger partial charge in [0.2, 0.25) is 0 Å². The highest BCUT2D eigenvalue weighted by Crippen LogP contribution is 2.40. The van der Waals surface area contributed by atoms with Crippen LogP contribution in [0.2, 0.25) is 0 Å². The van der Waals surface area contributed by atoms with E-state index in [0.29, 0.717) is 12.2 Å². The number of rotatable bonds is 3. The Labute approximate surface area is 96.7 Å². The molecule has 0 aliphatic heterocycles. The van der Waals surface area contributed by atoms with Crippen molar-refractivity contribution in [3.8, 4) is 5.75 Å². The maximum Gasteiger partial charge on any atom is 0.165 e. The van der Waals surface area contributed by atoms with Gasteiger partial charge in [0, 0.05) is 15.6 Å². The van der Waals surface area contributed by atoms with Crippen LogP contribution in [0.1, 0.15) is 18.4 Å². The van der Waals surface area contributed by atoms with Gasteiger partial charge in [-0.3, -0.25) is 0 Å². The highest BCUT2D eigenvalue weighted by molar-refractivity contribution is 9.10. The van der Waals surface area contributed by atoms with E-state index in [4.69, 9.17) is 10.5 Å². The van der Waals surface area contributed by atoms with Gasteiger partial charge in [0.15, 0.2) is 11.6 Å². The van der Waals surface area contributed by atoms with Gasteiger partial charge in [0.05, 0.1) is 7.11 Å². The third-order valence-corrected chi connectivity index (χ3v) is 3.52. The second-order valence-corrected chi connectivity index (χ2v) is 4.93. The van der Waals surface area contributed by atoms with Crippen molar-refractivity contribution in [2.75, 3.05) is 7.11 Å². The number of benzene rings is 1. The first kappa shape index (κ1) is 10.9. The van der Waals surface area contributed by atoms with Crippen LogP contribution in [0.15, 0.2) is 16.6 Å². The predicted octanol–water partition coefficient (Wildman–Crippen LogP) is 2.63. The first-order chi connectivity index (χ1) is 7.06. The fourth-order valence-electron chi connectivity index (χ4n) is 1.65. The van der Waals surface area contributed by atoms with Gasteiger partial charge in [0.25, 0.3) is 0 Å². The summed E-state index contributed by atoms with van der Waals surface area (Å²) in [5.74, 6) is -0.0268. The van der Waals surface area contributed by atoms with Crippen LogP contribution in [-0.2, 0) is 6.42 Å². The van der Waals surface area contributed by atoms with E-state index in [2.05, 4.69) is 15.9 Å². The Balaban J connectivity index is 2.38. The van der Waals surface area contributed by atoms with E-state index in [1.165, 1.54) is 13.2 Å². The van der Waals surface area contributed by atoms with Crippen LogP contribution in [0.5, 0.6) is 5.75 Å². The van der Waals surface area contributed by atoms with E-state index >= 15 is 0 Å². The summed E-state index contributed by atoms with van der Waals surface area (Å²) in [5, 5.41) is 0. The minimum Gasteiger partial charge on any atom is -0.493 e. The molecule has 0 bridgehead atoms. The second kappa shape index (κ2) is 3.76. The lowest BCUT2D eigenvalue weighted by molar-refractivity contribution is 0.379. The molecule has 0 heterocycles. The molecule has 0 aromatic heterocycles. The average Bonchev–Trinajstić information content (AvgIpc) is 2.91. The van der Waals surface area contributed by atoms with Crippen molar-refractivity contribution in [1.29, 1.82) is 0 Å². The molecule has 0 radical (unpaired) electrons. The molecule has 2 rings (SSSR count). The molecule has 2 nitrogen and oxygen atoms in total. The molecule has 1 aliphatic carbocycles. The molecule has 0 spiro atoms. The van der Waals surface area contributed by atoms with Crippen LogP contribution >= 0.6 is 15.9 Å². The van der Waals surface area contributed by atoms with Gasteiger partial charge in [-0.05, 0) is 31.4 Å². The molecule has 0 atom stereocenters. The van der Waals surface area contributed by atoms with Gasteiger partial charge >= 0.3 is 0 Å². The van der Waals surface area contributed by atoms with E-state index in [1.807, 2.05) is 0 Å². The molecule has 0 amide bonds. The largest absolute Gasteiger partial charge is 0.493 e. The van der Waals surface area contributed by atoms with Gasteiger partial charge < -0.3 is 10.5 Å². The van der Waals surface area contributed by atoms with Crippen molar-refractivity contribution in [2.45, 2.75) is 24.8 Å². The molecule has 1 saturated carbocycles. The summed E-state index contributed by atoms with van der Waals surface area (Å²) in [4.78, 5) is 0. The first-order valence-electron chi connectivity index (χ1n) is 4.85. The molecule has 4 heteroatoms. The Morgan fingerprint density at radius 1 is 1.53 bits per heavy atom. The van der Waals surface area contributed by atoms with Crippen molar-refractivity contribution in [2.24, 2.45) is 5.73 Å². The van der Waals surface area contributed by atoms with Crippen molar-refractivity contribution in [3.63, 3.8) is 0 Å². The van der Waals surface area contributed by atoms with Crippen LogP contribution in [0.4, 0.5) is 4.39 Å². The number of nitrogens with two attached hydrogens (primary N) is 1. The van der Waals surface area contributed by atoms with Gasteiger partial charge in [-0.15, -0.1) is 0 Å². The third kappa shape index (κ3) is 2.16. The molecule has 1 aromatic carbocycles. The fourth-order valence-corrected chi connectivity index (χ4v) is 2.10. The molecule has 0 saturated heterocycles. The number of methoxy groups -OCH3 is 1. The Morgan fingerprint density at radius 3 is 2.73 bits per heavy atom. The van der Waals surface area contributed by atoms with E-state index < -0.39 is 0 Å². The lowest BCUT2D eigenvalue weighted by atomic mass is 10.0. The van der Waals surface area contributed by atoms with Crippen LogP contribution in [0.25, 0.3) is 0 Å². The predicted molar refractivity (Wildman–Crippen MR) is 60.5 cm³/mol. The Morgan fingerprint density at radius 2 is 2.20 bits per heavy atom. The van der Waals surface area contributed by atoms with Crippen LogP contribution in [-0.4, -0.2) is 12.6 Å². The summed E-state index contributed by atoms with van der Waals surface area (Å²) in [6, 6.07) is 3.08. The molecule has 1 aliphatic rings. The number of hydrogen-bond acceptors (Lipinski definition) is 2. The standard InChI is InChI=1S/C11H13BrFNO/c1-15-10-7(6-11(14)4-5-11)8(12)2-3-9(10)13/h2-3H,4-6,14H2,1H3. The first-order valence-corrected chi connectivity index (χ1v) is 5.65. The number of hydrogen-bond donors (Lipinski definition) is 1. The Bertz CT molecular complexity index is 390. The Hall–Kier alpha value is -0.610. The van der Waals surface area contributed by atoms with Gasteiger partial charge in [-0.1, -0.05) is 15.9 Å². The normalized spacial score (nSPS) is 17.6. The summed E-state index contributed by atoms with van der Waals surface area (Å²) >= 11 is 3.40. The summed E-state index contributed by atoms with van der Waals surface area (Å²) < 4.78 is 19.4. The molecule has 1 fully saturated rings. The summed E-state index contributed by atoms with van der Waals surface area (Å²) in [7, 11) is 1.48. The number of ether oxygens (including phenoxy) is 1. The van der Waals surface area contributed by atoms with Gasteiger partial charge in [0.1, 0.15) is 0 Å². The van der Waals surface area contributed by atoms with Crippen molar-refractivity contribution in [1.82, 2.24) is 0 Å². The fraction of sp³-hybridized carbons (Fsp3) is 0.455. The van der Waals surface area contributed by atoms with Crippen LogP contribution in [0.3, 0.4) is 0 Å². The Kier molecular flexibility index (Phi) is 2.73. The maximum atomic E-state index is 13.4. The van der Waals surface area contributed by atoms with Crippen molar-refractivity contribution < 1.29 is 9.13 Å². The SMILES string of the molecule is COc1c(F)ccc(Br)c1CC1(N)CC1. The van der Waals surface area contributed by atoms with Crippen LogP contribution in [0, 0.1) is 5.82 Å². The highest BCUT2D eigenvalue weighted by atomic mass is 79.9. The zero-order valence-electron chi connectivity index (χ0n) is 8.52. The number of halogens is 2. The smallest absolute Gasteiger partial charge is 0.165 e. The molecular weight excluding hydrogens is 261 g/mol. The molecule has 2 N–H and O–H groups in total. The minimum atomic E-state index is -0.333. The highest BCUT2D eigenvalue weighted by Gasteiger charge is 2.39. The molecular formula is C11H13BrFNO. The lowest BCUT2D eigenvalue weighted by Gasteiger charge is -2.14. The topological polar surface area (TPSA) is 35.2 Å². The van der Waals surface area contributed by atoms with Crippen LogP contribution < -0.4 is 10.5 Å². The average molecular weight is 274 g/mol. The monoisotopic (exact) mass is 273 g/mol. The zero-order chi connectivity index (χ0) is 11.1. The maximum absolute atomic E-state index is 13.4. The van der Waals surface area contributed by atoms with E-state index in [-0.39, 0.29) is 11.4 Å². The van der Waals surface area contributed by atoms with E-state index in [0.717, 1.165) is 22.9 Å². The third-order valence-electron chi connectivity index (χ3n) is 2.78. The lowest BCUT2D eigenvalue weighted by Crippen LogP contribution is -2.25. The summed E-state index contributed by atoms with van der Waals surface area (Å²) in [6.45, 7) is 0. The summed E-state index contributed by atoms with van der Waals surface area (Å²) in [6.07, 6.45) is 2.66. The quantitative estimate of drug-likeness (QED) is 0.919. The van der Waals surface area contributed by atoms with E-state index in [1.54, 1.807) is 6.07 Å². The summed E-state index contributed by atoms with van der Waals surface area (Å²) in [5.41, 5.74) is 6.70. The molecule has 82 valence electrons. The minimum absolute atomic E-state index is 0.149. The molecule has 15 heavy (non-hydrogen) atoms. The van der Waals surface area contributed by atoms with E-state index in [9.17, 15) is 4.39 Å².